The van der Waals surface area contributed by atoms with Crippen molar-refractivity contribution in [3.05, 3.63) is 70.7 Å². The summed E-state index contributed by atoms with van der Waals surface area (Å²) >= 11 is 6.06. The van der Waals surface area contributed by atoms with Crippen molar-refractivity contribution in [3.63, 3.8) is 0 Å². The summed E-state index contributed by atoms with van der Waals surface area (Å²) in [5.41, 5.74) is 2.35. The van der Waals surface area contributed by atoms with Crippen LogP contribution in [-0.2, 0) is 22.4 Å². The van der Waals surface area contributed by atoms with E-state index in [2.05, 4.69) is 29.6 Å². The number of ketones is 1. The third-order valence-electron chi connectivity index (χ3n) is 8.57. The number of unbranched alkanes of at least 4 members (excludes halogenated alkanes) is 1. The molecule has 1 atom stereocenters. The predicted octanol–water partition coefficient (Wildman–Crippen LogP) is 6.42. The molecule has 1 N–H and O–H groups in total. The summed E-state index contributed by atoms with van der Waals surface area (Å²) in [5.74, 6) is 3.10. The zero-order chi connectivity index (χ0) is 23.5. The molecular formula is C30H36ClNO2. The van der Waals surface area contributed by atoms with Crippen LogP contribution in [0, 0.1) is 29.6 Å². The van der Waals surface area contributed by atoms with Crippen LogP contribution in [0.5, 0.6) is 0 Å². The minimum absolute atomic E-state index is 0.103. The van der Waals surface area contributed by atoms with Gasteiger partial charge in [-0.05, 0) is 105 Å². The van der Waals surface area contributed by atoms with Gasteiger partial charge in [-0.2, -0.15) is 0 Å². The number of carbonyl (C=O) groups excluding carboxylic acids is 2. The number of hydrogen-bond acceptors (Lipinski definition) is 2. The lowest BCUT2D eigenvalue weighted by molar-refractivity contribution is -0.140. The van der Waals surface area contributed by atoms with Crippen molar-refractivity contribution in [2.45, 2.75) is 70.3 Å². The minimum atomic E-state index is -0.456. The molecule has 2 aromatic carbocycles. The summed E-state index contributed by atoms with van der Waals surface area (Å²) in [5, 5.41) is 3.93. The molecule has 4 bridgehead atoms. The number of amides is 1. The van der Waals surface area contributed by atoms with Crippen molar-refractivity contribution in [3.8, 4) is 0 Å². The lowest BCUT2D eigenvalue weighted by Gasteiger charge is -2.53. The maximum Gasteiger partial charge on any atom is 0.224 e. The van der Waals surface area contributed by atoms with Crippen molar-refractivity contribution in [1.29, 1.82) is 0 Å². The highest BCUT2D eigenvalue weighted by atomic mass is 35.5. The summed E-state index contributed by atoms with van der Waals surface area (Å²) in [6.07, 6.45) is 10.1. The van der Waals surface area contributed by atoms with E-state index in [0.29, 0.717) is 29.7 Å². The van der Waals surface area contributed by atoms with Gasteiger partial charge in [-0.1, -0.05) is 54.1 Å². The molecule has 4 saturated carbocycles. The third kappa shape index (κ3) is 5.57. The van der Waals surface area contributed by atoms with Crippen LogP contribution in [0.4, 0.5) is 0 Å². The molecule has 0 spiro atoms. The highest BCUT2D eigenvalue weighted by Gasteiger charge is 2.51. The number of rotatable bonds is 10. The molecule has 0 radical (unpaired) electrons. The minimum Gasteiger partial charge on any atom is -0.346 e. The average Bonchev–Trinajstić information content (AvgIpc) is 2.82. The quantitative estimate of drug-likeness (QED) is 0.401. The molecule has 0 saturated heterocycles. The molecule has 4 heteroatoms. The van der Waals surface area contributed by atoms with Crippen molar-refractivity contribution in [2.75, 3.05) is 0 Å². The molecule has 0 unspecified atom stereocenters. The monoisotopic (exact) mass is 477 g/mol. The Bertz CT molecular complexity index is 959. The topological polar surface area (TPSA) is 46.2 Å². The molecule has 0 aliphatic heterocycles. The SMILES string of the molecule is O=C(N[C@@H](Cc1ccc(Cl)cc1)C(=O)CCCCc1ccccc1)C1C2CC3CC(C2)CC1C3. The average molecular weight is 478 g/mol. The summed E-state index contributed by atoms with van der Waals surface area (Å²) < 4.78 is 0. The van der Waals surface area contributed by atoms with Crippen LogP contribution in [0.2, 0.25) is 5.02 Å². The van der Waals surface area contributed by atoms with Crippen LogP contribution >= 0.6 is 11.6 Å². The molecule has 2 aromatic rings. The predicted molar refractivity (Wildman–Crippen MR) is 137 cm³/mol. The number of Topliss-reactive ketones (excluding diaryl/α,β-unsaturated/α-hetero) is 1. The van der Waals surface area contributed by atoms with Crippen molar-refractivity contribution in [1.82, 2.24) is 5.32 Å². The number of halogens is 1. The van der Waals surface area contributed by atoms with E-state index < -0.39 is 6.04 Å². The number of nitrogens with one attached hydrogen (secondary N) is 1. The van der Waals surface area contributed by atoms with Gasteiger partial charge in [0.15, 0.2) is 5.78 Å². The van der Waals surface area contributed by atoms with Crippen LogP contribution in [-0.4, -0.2) is 17.7 Å². The van der Waals surface area contributed by atoms with Gasteiger partial charge in [0.05, 0.1) is 6.04 Å². The molecule has 4 fully saturated rings. The van der Waals surface area contributed by atoms with Gasteiger partial charge < -0.3 is 5.32 Å². The van der Waals surface area contributed by atoms with E-state index in [0.717, 1.165) is 36.7 Å². The Morgan fingerprint density at radius 2 is 1.47 bits per heavy atom. The van der Waals surface area contributed by atoms with E-state index in [1.165, 1.54) is 37.7 Å². The Morgan fingerprint density at radius 3 is 2.12 bits per heavy atom. The molecule has 180 valence electrons. The summed E-state index contributed by atoms with van der Waals surface area (Å²) in [6.45, 7) is 0. The first kappa shape index (κ1) is 23.6. The third-order valence-corrected chi connectivity index (χ3v) is 8.82. The van der Waals surface area contributed by atoms with E-state index >= 15 is 0 Å². The number of hydrogen-bond donors (Lipinski definition) is 1. The maximum absolute atomic E-state index is 13.5. The second-order valence-electron chi connectivity index (χ2n) is 11.0. The fourth-order valence-corrected chi connectivity index (χ4v) is 7.30. The Morgan fingerprint density at radius 1 is 0.824 bits per heavy atom. The maximum atomic E-state index is 13.5. The molecule has 34 heavy (non-hydrogen) atoms. The number of aryl methyl sites for hydroxylation is 1. The van der Waals surface area contributed by atoms with Crippen molar-refractivity contribution in [2.24, 2.45) is 29.6 Å². The van der Waals surface area contributed by atoms with Gasteiger partial charge in [0, 0.05) is 17.4 Å². The van der Waals surface area contributed by atoms with Crippen LogP contribution < -0.4 is 5.32 Å². The van der Waals surface area contributed by atoms with Crippen LogP contribution in [0.1, 0.15) is 62.5 Å². The molecule has 4 aliphatic carbocycles. The molecule has 6 rings (SSSR count). The first-order valence-electron chi connectivity index (χ1n) is 13.2. The van der Waals surface area contributed by atoms with Gasteiger partial charge >= 0.3 is 0 Å². The second-order valence-corrected chi connectivity index (χ2v) is 11.4. The normalized spacial score (nSPS) is 28.0. The van der Waals surface area contributed by atoms with Gasteiger partial charge in [-0.25, -0.2) is 0 Å². The second kappa shape index (κ2) is 10.6. The highest BCUT2D eigenvalue weighted by molar-refractivity contribution is 6.30. The molecule has 3 nitrogen and oxygen atoms in total. The highest BCUT2D eigenvalue weighted by Crippen LogP contribution is 2.56. The first-order valence-corrected chi connectivity index (χ1v) is 13.5. The Kier molecular flexibility index (Phi) is 7.39. The summed E-state index contributed by atoms with van der Waals surface area (Å²) in [6, 6.07) is 17.6. The smallest absolute Gasteiger partial charge is 0.224 e. The lowest BCUT2D eigenvalue weighted by atomic mass is 9.51. The van der Waals surface area contributed by atoms with Gasteiger partial charge in [0.2, 0.25) is 5.91 Å². The molecule has 4 aliphatic rings. The zero-order valence-electron chi connectivity index (χ0n) is 19.9. The fourth-order valence-electron chi connectivity index (χ4n) is 7.17. The van der Waals surface area contributed by atoms with Crippen LogP contribution in [0.15, 0.2) is 54.6 Å². The van der Waals surface area contributed by atoms with Gasteiger partial charge in [0.1, 0.15) is 0 Å². The van der Waals surface area contributed by atoms with Gasteiger partial charge in [-0.3, -0.25) is 9.59 Å². The molecule has 0 aromatic heterocycles. The van der Waals surface area contributed by atoms with Crippen molar-refractivity contribution < 1.29 is 9.59 Å². The Balaban J connectivity index is 1.21. The lowest BCUT2D eigenvalue weighted by Crippen LogP contribution is -2.54. The molecule has 1 amide bonds. The van der Waals surface area contributed by atoms with Crippen molar-refractivity contribution >= 4 is 23.3 Å². The largest absolute Gasteiger partial charge is 0.346 e. The Labute approximate surface area is 208 Å². The van der Waals surface area contributed by atoms with E-state index in [9.17, 15) is 9.59 Å². The molecular weight excluding hydrogens is 442 g/mol. The zero-order valence-corrected chi connectivity index (χ0v) is 20.7. The van der Waals surface area contributed by atoms with Crippen LogP contribution in [0.25, 0.3) is 0 Å². The van der Waals surface area contributed by atoms with E-state index in [4.69, 9.17) is 11.6 Å². The van der Waals surface area contributed by atoms with Crippen LogP contribution in [0.3, 0.4) is 0 Å². The van der Waals surface area contributed by atoms with Gasteiger partial charge in [0.25, 0.3) is 0 Å². The summed E-state index contributed by atoms with van der Waals surface area (Å²) in [7, 11) is 0. The Hall–Kier alpha value is -2.13. The standard InChI is InChI=1S/C30H36ClNO2/c31-26-12-10-21(11-13-26)19-27(28(33)9-5-4-8-20-6-2-1-3-7-20)32-30(34)29-24-15-22-14-23(17-24)18-25(29)16-22/h1-3,6-7,10-13,22-25,27,29H,4-5,8-9,14-19H2,(H,32,34)/t22?,23?,24?,25?,27-,29?/m0/s1. The van der Waals surface area contributed by atoms with E-state index in [1.54, 1.807) is 0 Å². The number of benzene rings is 2. The first-order chi connectivity index (χ1) is 16.5. The summed E-state index contributed by atoms with van der Waals surface area (Å²) in [4.78, 5) is 26.8. The number of carbonyl (C=O) groups is 2. The van der Waals surface area contributed by atoms with E-state index in [-0.39, 0.29) is 17.6 Å². The fraction of sp³-hybridized carbons (Fsp3) is 0.533. The van der Waals surface area contributed by atoms with E-state index in [1.807, 2.05) is 30.3 Å². The van der Waals surface area contributed by atoms with Gasteiger partial charge in [-0.15, -0.1) is 0 Å². The molecule has 0 heterocycles.